The Morgan fingerprint density at radius 3 is 2.89 bits per heavy atom. The molecule has 0 fully saturated rings. The molecule has 0 saturated heterocycles. The summed E-state index contributed by atoms with van der Waals surface area (Å²) in [7, 11) is 1.90. The average molecular weight is 277 g/mol. The molecule has 19 heavy (non-hydrogen) atoms. The fourth-order valence-electron chi connectivity index (χ4n) is 1.73. The van der Waals surface area contributed by atoms with Gasteiger partial charge in [0.15, 0.2) is 5.13 Å². The Kier molecular flexibility index (Phi) is 4.37. The molecule has 1 unspecified atom stereocenters. The number of nitrogens with zero attached hydrogens (tertiary/aromatic N) is 2. The number of hydrogen-bond acceptors (Lipinski definition) is 4. The first kappa shape index (κ1) is 13.8. The van der Waals surface area contributed by atoms with Gasteiger partial charge < -0.3 is 10.2 Å². The number of amides is 1. The predicted molar refractivity (Wildman–Crippen MR) is 80.8 cm³/mol. The average Bonchev–Trinajstić information content (AvgIpc) is 2.82. The van der Waals surface area contributed by atoms with E-state index in [1.54, 1.807) is 11.3 Å². The van der Waals surface area contributed by atoms with Crippen LogP contribution in [0.25, 0.3) is 10.2 Å². The fraction of sp³-hybridized carbons (Fsp3) is 0.429. The van der Waals surface area contributed by atoms with E-state index in [0.29, 0.717) is 6.54 Å². The van der Waals surface area contributed by atoms with Gasteiger partial charge in [0.25, 0.3) is 0 Å². The lowest BCUT2D eigenvalue weighted by molar-refractivity contribution is -0.120. The van der Waals surface area contributed by atoms with Gasteiger partial charge in [0, 0.05) is 13.1 Å². The third-order valence-electron chi connectivity index (χ3n) is 3.01. The zero-order valence-electron chi connectivity index (χ0n) is 11.5. The molecule has 0 spiro atoms. The second kappa shape index (κ2) is 6.02. The molecule has 0 saturated carbocycles. The maximum atomic E-state index is 11.8. The number of carbonyl (C=O) groups is 1. The summed E-state index contributed by atoms with van der Waals surface area (Å²) >= 11 is 1.61. The molecule has 5 heteroatoms. The molecule has 0 radical (unpaired) electrons. The lowest BCUT2D eigenvalue weighted by Crippen LogP contribution is -2.39. The summed E-state index contributed by atoms with van der Waals surface area (Å²) in [6, 6.07) is 8.23. The van der Waals surface area contributed by atoms with Crippen LogP contribution < -0.4 is 10.2 Å². The van der Waals surface area contributed by atoms with Crippen LogP contribution >= 0.6 is 11.3 Å². The number of carbonyl (C=O) groups excluding carboxylic acids is 1. The normalized spacial score (nSPS) is 12.4. The van der Waals surface area contributed by atoms with Gasteiger partial charge in [0.1, 0.15) is 0 Å². The number of likely N-dealkylation sites (N-methyl/N-ethyl adjacent to an activating group) is 1. The van der Waals surface area contributed by atoms with Crippen LogP contribution in [0, 0.1) is 0 Å². The van der Waals surface area contributed by atoms with E-state index >= 15 is 0 Å². The van der Waals surface area contributed by atoms with Crippen LogP contribution in [0.3, 0.4) is 0 Å². The highest BCUT2D eigenvalue weighted by Gasteiger charge is 2.12. The van der Waals surface area contributed by atoms with Crippen molar-refractivity contribution in [3.63, 3.8) is 0 Å². The third-order valence-corrected chi connectivity index (χ3v) is 4.16. The summed E-state index contributed by atoms with van der Waals surface area (Å²) < 4.78 is 1.15. The lowest BCUT2D eigenvalue weighted by atomic mass is 10.2. The number of nitrogens with one attached hydrogen (secondary N) is 1. The summed E-state index contributed by atoms with van der Waals surface area (Å²) in [6.45, 7) is 4.40. The highest BCUT2D eigenvalue weighted by molar-refractivity contribution is 7.22. The van der Waals surface area contributed by atoms with Crippen molar-refractivity contribution in [2.24, 2.45) is 0 Å². The molecule has 1 atom stereocenters. The van der Waals surface area contributed by atoms with Crippen LogP contribution in [0.1, 0.15) is 20.3 Å². The molecule has 1 amide bonds. The Morgan fingerprint density at radius 2 is 2.21 bits per heavy atom. The summed E-state index contributed by atoms with van der Waals surface area (Å²) in [5.74, 6) is 0.0381. The molecule has 1 N–H and O–H groups in total. The summed E-state index contributed by atoms with van der Waals surface area (Å²) in [5.41, 5.74) is 0.983. The molecular weight excluding hydrogens is 258 g/mol. The molecule has 102 valence electrons. The highest BCUT2D eigenvalue weighted by Crippen LogP contribution is 2.27. The van der Waals surface area contributed by atoms with E-state index in [-0.39, 0.29) is 11.9 Å². The number of thiazole rings is 1. The SMILES string of the molecule is CCC(C)NC(=O)CN(C)c1nc2ccccc2s1. The Morgan fingerprint density at radius 1 is 1.47 bits per heavy atom. The van der Waals surface area contributed by atoms with Crippen LogP contribution in [0.4, 0.5) is 5.13 Å². The number of benzene rings is 1. The molecule has 2 rings (SSSR count). The monoisotopic (exact) mass is 277 g/mol. The first-order chi connectivity index (χ1) is 9.10. The Labute approximate surface area is 117 Å². The van der Waals surface area contributed by atoms with Crippen molar-refractivity contribution >= 4 is 32.6 Å². The maximum absolute atomic E-state index is 11.8. The third kappa shape index (κ3) is 3.44. The minimum absolute atomic E-state index is 0.0381. The Balaban J connectivity index is 2.03. The molecule has 2 aromatic rings. The molecule has 1 aromatic carbocycles. The van der Waals surface area contributed by atoms with E-state index in [0.717, 1.165) is 21.8 Å². The van der Waals surface area contributed by atoms with Crippen LogP contribution in [0.2, 0.25) is 0 Å². The minimum atomic E-state index is 0.0381. The number of anilines is 1. The van der Waals surface area contributed by atoms with Crippen molar-refractivity contribution < 1.29 is 4.79 Å². The van der Waals surface area contributed by atoms with Crippen LogP contribution in [-0.4, -0.2) is 30.5 Å². The van der Waals surface area contributed by atoms with Gasteiger partial charge in [-0.05, 0) is 25.5 Å². The first-order valence-electron chi connectivity index (χ1n) is 6.46. The number of hydrogen-bond donors (Lipinski definition) is 1. The minimum Gasteiger partial charge on any atom is -0.352 e. The number of rotatable bonds is 5. The van der Waals surface area contributed by atoms with E-state index in [9.17, 15) is 4.79 Å². The Hall–Kier alpha value is -1.62. The smallest absolute Gasteiger partial charge is 0.239 e. The van der Waals surface area contributed by atoms with E-state index in [1.807, 2.05) is 43.1 Å². The van der Waals surface area contributed by atoms with Gasteiger partial charge in [-0.2, -0.15) is 0 Å². The van der Waals surface area contributed by atoms with Gasteiger partial charge in [-0.15, -0.1) is 0 Å². The second-order valence-corrected chi connectivity index (χ2v) is 5.71. The van der Waals surface area contributed by atoms with E-state index in [4.69, 9.17) is 0 Å². The van der Waals surface area contributed by atoms with E-state index in [2.05, 4.69) is 17.2 Å². The van der Waals surface area contributed by atoms with Gasteiger partial charge in [0.2, 0.25) is 5.91 Å². The van der Waals surface area contributed by atoms with Crippen molar-refractivity contribution in [1.29, 1.82) is 0 Å². The molecule has 1 heterocycles. The van der Waals surface area contributed by atoms with E-state index in [1.165, 1.54) is 0 Å². The van der Waals surface area contributed by atoms with Gasteiger partial charge in [-0.3, -0.25) is 4.79 Å². The second-order valence-electron chi connectivity index (χ2n) is 4.70. The Bertz CT molecular complexity index is 534. The number of aromatic nitrogens is 1. The van der Waals surface area contributed by atoms with Crippen LogP contribution in [0.15, 0.2) is 24.3 Å². The van der Waals surface area contributed by atoms with Gasteiger partial charge in [-0.25, -0.2) is 4.98 Å². The fourth-order valence-corrected chi connectivity index (χ4v) is 2.65. The van der Waals surface area contributed by atoms with Crippen molar-refractivity contribution in [3.05, 3.63) is 24.3 Å². The van der Waals surface area contributed by atoms with Crippen LogP contribution in [0.5, 0.6) is 0 Å². The molecule has 1 aromatic heterocycles. The molecular formula is C14H19N3OS. The van der Waals surface area contributed by atoms with Crippen LogP contribution in [-0.2, 0) is 4.79 Å². The number of para-hydroxylation sites is 1. The van der Waals surface area contributed by atoms with E-state index < -0.39 is 0 Å². The zero-order valence-corrected chi connectivity index (χ0v) is 12.3. The maximum Gasteiger partial charge on any atom is 0.239 e. The van der Waals surface area contributed by atoms with Crippen molar-refractivity contribution in [1.82, 2.24) is 10.3 Å². The summed E-state index contributed by atoms with van der Waals surface area (Å²) in [6.07, 6.45) is 0.941. The first-order valence-corrected chi connectivity index (χ1v) is 7.28. The van der Waals surface area contributed by atoms with Gasteiger partial charge in [-0.1, -0.05) is 30.4 Å². The topological polar surface area (TPSA) is 45.2 Å². The molecule has 0 aliphatic rings. The zero-order chi connectivity index (χ0) is 13.8. The summed E-state index contributed by atoms with van der Waals surface area (Å²) in [4.78, 5) is 18.3. The largest absolute Gasteiger partial charge is 0.352 e. The van der Waals surface area contributed by atoms with Gasteiger partial charge >= 0.3 is 0 Å². The molecule has 4 nitrogen and oxygen atoms in total. The number of fused-ring (bicyclic) bond motifs is 1. The summed E-state index contributed by atoms with van der Waals surface area (Å²) in [5, 5.41) is 3.84. The lowest BCUT2D eigenvalue weighted by Gasteiger charge is -2.17. The van der Waals surface area contributed by atoms with Crippen molar-refractivity contribution in [2.75, 3.05) is 18.5 Å². The molecule has 0 bridgehead atoms. The standard InChI is InChI=1S/C14H19N3OS/c1-4-10(2)15-13(18)9-17(3)14-16-11-7-5-6-8-12(11)19-14/h5-8,10H,4,9H2,1-3H3,(H,15,18). The van der Waals surface area contributed by atoms with Crippen molar-refractivity contribution in [3.8, 4) is 0 Å². The predicted octanol–water partition coefficient (Wildman–Crippen LogP) is 2.65. The van der Waals surface area contributed by atoms with Crippen molar-refractivity contribution in [2.45, 2.75) is 26.3 Å². The highest BCUT2D eigenvalue weighted by atomic mass is 32.1. The van der Waals surface area contributed by atoms with Gasteiger partial charge in [0.05, 0.1) is 16.8 Å². The molecule has 0 aliphatic heterocycles. The quantitative estimate of drug-likeness (QED) is 0.914. The molecule has 0 aliphatic carbocycles.